The minimum absolute atomic E-state index is 0.264. The van der Waals surface area contributed by atoms with Crippen LogP contribution in [-0.4, -0.2) is 35.3 Å². The summed E-state index contributed by atoms with van der Waals surface area (Å²) in [5.41, 5.74) is 1.43. The predicted molar refractivity (Wildman–Crippen MR) is 111 cm³/mol. The Morgan fingerprint density at radius 1 is 0.774 bits per heavy atom. The third-order valence-electron chi connectivity index (χ3n) is 4.89. The fourth-order valence-corrected chi connectivity index (χ4v) is 3.30. The van der Waals surface area contributed by atoms with E-state index in [9.17, 15) is 19.2 Å². The summed E-state index contributed by atoms with van der Waals surface area (Å²) in [5.74, 6) is -2.30. The summed E-state index contributed by atoms with van der Waals surface area (Å²) in [7, 11) is 0. The number of ether oxygens (including phenoxy) is 1. The number of fused-ring (bicyclic) bond motifs is 1. The summed E-state index contributed by atoms with van der Waals surface area (Å²) < 4.78 is 5.28. The lowest BCUT2D eigenvalue weighted by Crippen LogP contribution is -2.38. The Morgan fingerprint density at radius 2 is 1.29 bits per heavy atom. The zero-order valence-corrected chi connectivity index (χ0v) is 16.4. The molecule has 0 bridgehead atoms. The number of amides is 3. The number of carbonyl (C=O) groups is 4. The number of hydrogen-bond donors (Lipinski definition) is 1. The maximum absolute atomic E-state index is 12.9. The van der Waals surface area contributed by atoms with Crippen LogP contribution in [0, 0.1) is 0 Å². The molecule has 7 nitrogen and oxygen atoms in total. The SMILES string of the molecule is O=C(N[C@@H](C(=O)OCN1C(=O)c2ccccc2C1=O)c1ccccc1)c1ccccc1. The van der Waals surface area contributed by atoms with Crippen molar-refractivity contribution in [2.24, 2.45) is 0 Å². The first-order valence-electron chi connectivity index (χ1n) is 9.59. The van der Waals surface area contributed by atoms with E-state index in [4.69, 9.17) is 4.74 Å². The molecular weight excluding hydrogens is 396 g/mol. The van der Waals surface area contributed by atoms with Crippen LogP contribution in [0.3, 0.4) is 0 Å². The largest absolute Gasteiger partial charge is 0.442 e. The Bertz CT molecular complexity index is 1110. The standard InChI is InChI=1S/C24H18N2O5/c27-21(17-11-5-2-6-12-17)25-20(16-9-3-1-4-10-16)24(30)31-15-26-22(28)18-13-7-8-14-19(18)23(26)29/h1-14,20H,15H2,(H,25,27)/t20-/m1/s1. The number of imide groups is 1. The summed E-state index contributed by atoms with van der Waals surface area (Å²) >= 11 is 0. The first-order chi connectivity index (χ1) is 15.1. The second-order valence-corrected chi connectivity index (χ2v) is 6.86. The van der Waals surface area contributed by atoms with Gasteiger partial charge in [0.15, 0.2) is 12.8 Å². The molecule has 0 aliphatic carbocycles. The Kier molecular flexibility index (Phi) is 5.57. The summed E-state index contributed by atoms with van der Waals surface area (Å²) in [6.45, 7) is -0.546. The van der Waals surface area contributed by atoms with Crippen LogP contribution in [0.15, 0.2) is 84.9 Å². The molecule has 1 N–H and O–H groups in total. The van der Waals surface area contributed by atoms with Crippen molar-refractivity contribution in [3.8, 4) is 0 Å². The van der Waals surface area contributed by atoms with E-state index in [1.165, 1.54) is 0 Å². The third kappa shape index (κ3) is 4.06. The Labute approximate surface area is 178 Å². The molecule has 154 valence electrons. The van der Waals surface area contributed by atoms with Gasteiger partial charge in [-0.15, -0.1) is 0 Å². The van der Waals surface area contributed by atoms with Crippen molar-refractivity contribution in [1.82, 2.24) is 10.2 Å². The van der Waals surface area contributed by atoms with Gasteiger partial charge < -0.3 is 10.1 Å². The van der Waals surface area contributed by atoms with Crippen LogP contribution in [0.1, 0.15) is 42.7 Å². The lowest BCUT2D eigenvalue weighted by molar-refractivity contribution is -0.148. The summed E-state index contributed by atoms with van der Waals surface area (Å²) in [6, 6.07) is 22.4. The fraction of sp³-hybridized carbons (Fsp3) is 0.0833. The van der Waals surface area contributed by atoms with Gasteiger partial charge in [0.05, 0.1) is 11.1 Å². The molecule has 0 unspecified atom stereocenters. The molecule has 0 radical (unpaired) electrons. The predicted octanol–water partition coefficient (Wildman–Crippen LogP) is 2.95. The third-order valence-corrected chi connectivity index (χ3v) is 4.89. The van der Waals surface area contributed by atoms with E-state index >= 15 is 0 Å². The van der Waals surface area contributed by atoms with Crippen LogP contribution in [0.2, 0.25) is 0 Å². The number of esters is 1. The first-order valence-corrected chi connectivity index (χ1v) is 9.59. The molecule has 3 aromatic rings. The van der Waals surface area contributed by atoms with Crippen LogP contribution in [-0.2, 0) is 9.53 Å². The van der Waals surface area contributed by atoms with Gasteiger partial charge in [0.25, 0.3) is 17.7 Å². The van der Waals surface area contributed by atoms with Gasteiger partial charge in [-0.05, 0) is 29.8 Å². The monoisotopic (exact) mass is 414 g/mol. The van der Waals surface area contributed by atoms with Gasteiger partial charge in [0, 0.05) is 5.56 Å². The molecule has 0 fully saturated rings. The second kappa shape index (κ2) is 8.62. The molecule has 31 heavy (non-hydrogen) atoms. The van der Waals surface area contributed by atoms with Gasteiger partial charge in [-0.2, -0.15) is 0 Å². The highest BCUT2D eigenvalue weighted by molar-refractivity contribution is 6.21. The van der Waals surface area contributed by atoms with Crippen molar-refractivity contribution in [3.05, 3.63) is 107 Å². The first kappa shape index (κ1) is 20.0. The molecule has 0 saturated carbocycles. The summed E-state index contributed by atoms with van der Waals surface area (Å²) in [4.78, 5) is 51.3. The molecule has 1 atom stereocenters. The Hall–Kier alpha value is -4.26. The van der Waals surface area contributed by atoms with Crippen LogP contribution in [0.5, 0.6) is 0 Å². The van der Waals surface area contributed by atoms with Crippen LogP contribution in [0.25, 0.3) is 0 Å². The highest BCUT2D eigenvalue weighted by Crippen LogP contribution is 2.23. The lowest BCUT2D eigenvalue weighted by atomic mass is 10.1. The fourth-order valence-electron chi connectivity index (χ4n) is 3.30. The molecule has 7 heteroatoms. The molecule has 0 saturated heterocycles. The Morgan fingerprint density at radius 3 is 1.87 bits per heavy atom. The van der Waals surface area contributed by atoms with Crippen molar-refractivity contribution in [2.75, 3.05) is 6.73 Å². The van der Waals surface area contributed by atoms with Crippen LogP contribution >= 0.6 is 0 Å². The van der Waals surface area contributed by atoms with E-state index in [1.807, 2.05) is 0 Å². The average molecular weight is 414 g/mol. The van der Waals surface area contributed by atoms with Gasteiger partial charge in [0.2, 0.25) is 0 Å². The second-order valence-electron chi connectivity index (χ2n) is 6.86. The number of carbonyl (C=O) groups excluding carboxylic acids is 4. The zero-order valence-electron chi connectivity index (χ0n) is 16.4. The minimum Gasteiger partial charge on any atom is -0.442 e. The van der Waals surface area contributed by atoms with Gasteiger partial charge in [-0.1, -0.05) is 60.7 Å². The zero-order chi connectivity index (χ0) is 21.8. The summed E-state index contributed by atoms with van der Waals surface area (Å²) in [5, 5.41) is 2.66. The van der Waals surface area contributed by atoms with Crippen molar-refractivity contribution < 1.29 is 23.9 Å². The molecule has 0 spiro atoms. The molecule has 3 amide bonds. The van der Waals surface area contributed by atoms with Gasteiger partial charge in [-0.3, -0.25) is 14.4 Å². The normalized spacial score (nSPS) is 13.5. The van der Waals surface area contributed by atoms with E-state index in [1.54, 1.807) is 84.9 Å². The number of hydrogen-bond acceptors (Lipinski definition) is 5. The topological polar surface area (TPSA) is 92.8 Å². The molecule has 1 aliphatic heterocycles. The van der Waals surface area contributed by atoms with E-state index in [0.717, 1.165) is 4.90 Å². The smallest absolute Gasteiger partial charge is 0.335 e. The van der Waals surface area contributed by atoms with Gasteiger partial charge >= 0.3 is 5.97 Å². The lowest BCUT2D eigenvalue weighted by Gasteiger charge is -2.20. The van der Waals surface area contributed by atoms with Crippen molar-refractivity contribution in [2.45, 2.75) is 6.04 Å². The maximum atomic E-state index is 12.9. The number of benzene rings is 3. The highest BCUT2D eigenvalue weighted by atomic mass is 16.5. The van der Waals surface area contributed by atoms with Crippen LogP contribution < -0.4 is 5.32 Å². The number of nitrogens with one attached hydrogen (secondary N) is 1. The quantitative estimate of drug-likeness (QED) is 0.495. The minimum atomic E-state index is -1.11. The van der Waals surface area contributed by atoms with Crippen molar-refractivity contribution in [1.29, 1.82) is 0 Å². The van der Waals surface area contributed by atoms with Crippen LogP contribution in [0.4, 0.5) is 0 Å². The average Bonchev–Trinajstić information content (AvgIpc) is 3.06. The van der Waals surface area contributed by atoms with Gasteiger partial charge in [0.1, 0.15) is 0 Å². The highest BCUT2D eigenvalue weighted by Gasteiger charge is 2.36. The van der Waals surface area contributed by atoms with E-state index < -0.39 is 36.5 Å². The molecule has 4 rings (SSSR count). The molecular formula is C24H18N2O5. The molecule has 0 aromatic heterocycles. The molecule has 1 heterocycles. The van der Waals surface area contributed by atoms with E-state index in [2.05, 4.69) is 5.32 Å². The molecule has 1 aliphatic rings. The van der Waals surface area contributed by atoms with Crippen molar-refractivity contribution >= 4 is 23.7 Å². The number of rotatable bonds is 6. The number of nitrogens with zero attached hydrogens (tertiary/aromatic N) is 1. The van der Waals surface area contributed by atoms with E-state index in [0.29, 0.717) is 11.1 Å². The Balaban J connectivity index is 1.50. The van der Waals surface area contributed by atoms with Crippen molar-refractivity contribution in [3.63, 3.8) is 0 Å². The van der Waals surface area contributed by atoms with Gasteiger partial charge in [-0.25, -0.2) is 9.69 Å². The molecule has 3 aromatic carbocycles. The summed E-state index contributed by atoms with van der Waals surface area (Å²) in [6.07, 6.45) is 0. The maximum Gasteiger partial charge on any atom is 0.335 e. The van der Waals surface area contributed by atoms with E-state index in [-0.39, 0.29) is 11.1 Å².